The Morgan fingerprint density at radius 2 is 1.68 bits per heavy atom. The Kier molecular flexibility index (Phi) is 7.18. The van der Waals surface area contributed by atoms with E-state index in [1.165, 1.54) is 6.42 Å². The molecule has 3 heterocycles. The lowest BCUT2D eigenvalue weighted by Gasteiger charge is -2.30. The Bertz CT molecular complexity index is 874. The van der Waals surface area contributed by atoms with Gasteiger partial charge in [-0.15, -0.1) is 0 Å². The summed E-state index contributed by atoms with van der Waals surface area (Å²) < 4.78 is 6.49. The number of rotatable bonds is 6. The lowest BCUT2D eigenvalue weighted by molar-refractivity contribution is 0.122. The maximum atomic E-state index is 5.48. The highest BCUT2D eigenvalue weighted by Crippen LogP contribution is 2.25. The predicted molar refractivity (Wildman–Crippen MR) is 129 cm³/mol. The number of nitrogens with zero attached hydrogens (tertiary/aromatic N) is 7. The first kappa shape index (κ1) is 21.8. The Morgan fingerprint density at radius 3 is 2.32 bits per heavy atom. The molecule has 9 nitrogen and oxygen atoms in total. The van der Waals surface area contributed by atoms with E-state index in [-0.39, 0.29) is 0 Å². The van der Waals surface area contributed by atoms with E-state index in [0.717, 1.165) is 54.7 Å². The van der Waals surface area contributed by atoms with Crippen LogP contribution in [0.25, 0.3) is 0 Å². The molecule has 1 aromatic carbocycles. The number of aromatic nitrogens is 3. The van der Waals surface area contributed by atoms with E-state index in [4.69, 9.17) is 9.72 Å². The first-order valence-corrected chi connectivity index (χ1v) is 11.5. The summed E-state index contributed by atoms with van der Waals surface area (Å²) in [4.78, 5) is 20.5. The van der Waals surface area contributed by atoms with Gasteiger partial charge in [-0.25, -0.2) is 5.43 Å². The molecular formula is C21H29BrN8O. The van der Waals surface area contributed by atoms with Crippen LogP contribution in [0.15, 0.2) is 27.8 Å². The molecule has 0 amide bonds. The Labute approximate surface area is 191 Å². The van der Waals surface area contributed by atoms with Gasteiger partial charge in [0.2, 0.25) is 17.8 Å². The summed E-state index contributed by atoms with van der Waals surface area (Å²) in [6.07, 6.45) is 5.35. The van der Waals surface area contributed by atoms with Crippen LogP contribution in [-0.4, -0.2) is 74.7 Å². The Balaban J connectivity index is 1.53. The summed E-state index contributed by atoms with van der Waals surface area (Å²) >= 11 is 3.61. The van der Waals surface area contributed by atoms with Crippen LogP contribution in [0.1, 0.15) is 24.8 Å². The number of hydrazone groups is 1. The third kappa shape index (κ3) is 5.62. The van der Waals surface area contributed by atoms with Gasteiger partial charge >= 0.3 is 0 Å². The normalized spacial score (nSPS) is 17.3. The number of piperidine rings is 1. The van der Waals surface area contributed by atoms with Crippen molar-refractivity contribution in [2.45, 2.75) is 19.3 Å². The fourth-order valence-electron chi connectivity index (χ4n) is 3.67. The van der Waals surface area contributed by atoms with Crippen molar-refractivity contribution in [2.24, 2.45) is 5.10 Å². The van der Waals surface area contributed by atoms with Crippen molar-refractivity contribution >= 4 is 45.7 Å². The van der Waals surface area contributed by atoms with Gasteiger partial charge in [-0.2, -0.15) is 20.1 Å². The van der Waals surface area contributed by atoms with E-state index < -0.39 is 0 Å². The van der Waals surface area contributed by atoms with E-state index in [1.54, 1.807) is 6.21 Å². The van der Waals surface area contributed by atoms with E-state index in [0.29, 0.717) is 31.1 Å². The molecule has 2 fully saturated rings. The zero-order valence-corrected chi connectivity index (χ0v) is 19.7. The number of nitrogens with one attached hydrogen (secondary N) is 1. The van der Waals surface area contributed by atoms with Gasteiger partial charge < -0.3 is 19.4 Å². The van der Waals surface area contributed by atoms with Gasteiger partial charge in [-0.1, -0.05) is 6.07 Å². The van der Waals surface area contributed by atoms with Gasteiger partial charge in [-0.3, -0.25) is 0 Å². The number of morpholine rings is 1. The lowest BCUT2D eigenvalue weighted by atomic mass is 10.1. The average molecular weight is 489 g/mol. The molecule has 0 bridgehead atoms. The van der Waals surface area contributed by atoms with Gasteiger partial charge in [-0.05, 0) is 52.9 Å². The van der Waals surface area contributed by atoms with Crippen molar-refractivity contribution < 1.29 is 4.74 Å². The van der Waals surface area contributed by atoms with Crippen molar-refractivity contribution in [2.75, 3.05) is 73.6 Å². The van der Waals surface area contributed by atoms with E-state index in [2.05, 4.69) is 57.2 Å². The second kappa shape index (κ2) is 10.2. The molecule has 4 rings (SSSR count). The van der Waals surface area contributed by atoms with Gasteiger partial charge in [0.15, 0.2) is 0 Å². The largest absolute Gasteiger partial charge is 0.378 e. The minimum absolute atomic E-state index is 0.456. The van der Waals surface area contributed by atoms with Crippen LogP contribution < -0.4 is 20.1 Å². The van der Waals surface area contributed by atoms with Crippen molar-refractivity contribution in [1.29, 1.82) is 0 Å². The van der Waals surface area contributed by atoms with Crippen molar-refractivity contribution in [3.63, 3.8) is 0 Å². The number of halogens is 1. The summed E-state index contributed by atoms with van der Waals surface area (Å²) in [5.41, 5.74) is 5.10. The quantitative estimate of drug-likeness (QED) is 0.490. The van der Waals surface area contributed by atoms with E-state index in [1.807, 2.05) is 26.2 Å². The van der Waals surface area contributed by atoms with Crippen LogP contribution in [0.5, 0.6) is 0 Å². The molecule has 0 radical (unpaired) electrons. The molecule has 0 unspecified atom stereocenters. The highest BCUT2D eigenvalue weighted by atomic mass is 79.9. The zero-order chi connectivity index (χ0) is 21.6. The van der Waals surface area contributed by atoms with Gasteiger partial charge in [0.1, 0.15) is 0 Å². The Morgan fingerprint density at radius 1 is 1.00 bits per heavy atom. The summed E-state index contributed by atoms with van der Waals surface area (Å²) in [5, 5.41) is 4.38. The summed E-state index contributed by atoms with van der Waals surface area (Å²) in [7, 11) is 4.03. The second-order valence-electron chi connectivity index (χ2n) is 7.88. The maximum Gasteiger partial charge on any atom is 0.250 e. The van der Waals surface area contributed by atoms with Crippen molar-refractivity contribution in [3.8, 4) is 0 Å². The average Bonchev–Trinajstić information content (AvgIpc) is 2.80. The van der Waals surface area contributed by atoms with Gasteiger partial charge in [0.25, 0.3) is 0 Å². The van der Waals surface area contributed by atoms with Crippen LogP contribution in [-0.2, 0) is 4.74 Å². The topological polar surface area (TPSA) is 82.0 Å². The number of benzene rings is 1. The minimum Gasteiger partial charge on any atom is -0.378 e. The molecule has 2 aromatic rings. The van der Waals surface area contributed by atoms with E-state index >= 15 is 0 Å². The number of ether oxygens (including phenoxy) is 1. The predicted octanol–water partition coefficient (Wildman–Crippen LogP) is 2.97. The fourth-order valence-corrected chi connectivity index (χ4v) is 4.43. The SMILES string of the molecule is CN(C)c1ccc(/C=N\Nc2nc(N3CCCCC3)nc(N3CCOCC3)n2)cc1Br. The highest BCUT2D eigenvalue weighted by molar-refractivity contribution is 9.10. The summed E-state index contributed by atoms with van der Waals surface area (Å²) in [5.74, 6) is 1.85. The third-order valence-corrected chi connectivity index (χ3v) is 6.01. The second-order valence-corrected chi connectivity index (χ2v) is 8.74. The standard InChI is InChI=1S/C21H29BrN8O/c1-28(2)18-7-6-16(14-17(18)22)15-23-27-19-24-20(29-8-4-3-5-9-29)26-21(25-19)30-10-12-31-13-11-30/h6-7,14-15H,3-5,8-13H2,1-2H3,(H,24,25,26,27)/b23-15-. The first-order valence-electron chi connectivity index (χ1n) is 10.7. The molecule has 0 aliphatic carbocycles. The molecule has 2 aliphatic heterocycles. The van der Waals surface area contributed by atoms with Gasteiger partial charge in [0, 0.05) is 44.7 Å². The number of anilines is 4. The fraction of sp³-hybridized carbons (Fsp3) is 0.524. The Hall–Kier alpha value is -2.46. The summed E-state index contributed by atoms with van der Waals surface area (Å²) in [6.45, 7) is 4.87. The minimum atomic E-state index is 0.456. The van der Waals surface area contributed by atoms with Crippen molar-refractivity contribution in [1.82, 2.24) is 15.0 Å². The maximum absolute atomic E-state index is 5.48. The summed E-state index contributed by atoms with van der Waals surface area (Å²) in [6, 6.07) is 6.11. The zero-order valence-electron chi connectivity index (χ0n) is 18.1. The van der Waals surface area contributed by atoms with Gasteiger partial charge in [0.05, 0.1) is 25.1 Å². The molecule has 0 atom stereocenters. The molecule has 0 saturated carbocycles. The van der Waals surface area contributed by atoms with Crippen LogP contribution in [0.2, 0.25) is 0 Å². The molecule has 166 valence electrons. The molecule has 10 heteroatoms. The molecule has 2 aliphatic rings. The van der Waals surface area contributed by atoms with Crippen LogP contribution in [0.4, 0.5) is 23.5 Å². The molecule has 1 aromatic heterocycles. The number of hydrogen-bond donors (Lipinski definition) is 1. The van der Waals surface area contributed by atoms with Crippen LogP contribution >= 0.6 is 15.9 Å². The lowest BCUT2D eigenvalue weighted by Crippen LogP contribution is -2.38. The van der Waals surface area contributed by atoms with Crippen LogP contribution in [0.3, 0.4) is 0 Å². The monoisotopic (exact) mass is 488 g/mol. The molecular weight excluding hydrogens is 460 g/mol. The third-order valence-electron chi connectivity index (χ3n) is 5.38. The molecule has 0 spiro atoms. The number of hydrogen-bond acceptors (Lipinski definition) is 9. The van der Waals surface area contributed by atoms with E-state index in [9.17, 15) is 0 Å². The first-order chi connectivity index (χ1) is 15.1. The molecule has 2 saturated heterocycles. The smallest absolute Gasteiger partial charge is 0.250 e. The van der Waals surface area contributed by atoms with Crippen molar-refractivity contribution in [3.05, 3.63) is 28.2 Å². The highest BCUT2D eigenvalue weighted by Gasteiger charge is 2.20. The molecule has 31 heavy (non-hydrogen) atoms. The molecule has 1 N–H and O–H groups in total. The van der Waals surface area contributed by atoms with Crippen LogP contribution in [0, 0.1) is 0 Å².